The molecule has 0 unspecified atom stereocenters. The highest BCUT2D eigenvalue weighted by atomic mass is 16.1. The van der Waals surface area contributed by atoms with Crippen molar-refractivity contribution in [2.24, 2.45) is 11.3 Å². The van der Waals surface area contributed by atoms with Gasteiger partial charge in [-0.05, 0) is 55.4 Å². The topological polar surface area (TPSA) is 67.2 Å². The molecular weight excluding hydrogens is 250 g/mol. The molecule has 1 aliphatic rings. The summed E-state index contributed by atoms with van der Waals surface area (Å²) in [6, 6.07) is 5.53. The summed E-state index contributed by atoms with van der Waals surface area (Å²) in [6.45, 7) is 4.96. The molecule has 4 N–H and O–H groups in total. The van der Waals surface area contributed by atoms with Crippen LogP contribution in [0.15, 0.2) is 18.2 Å². The van der Waals surface area contributed by atoms with E-state index in [1.54, 1.807) is 0 Å². The lowest BCUT2D eigenvalue weighted by atomic mass is 9.83. The summed E-state index contributed by atoms with van der Waals surface area (Å²) in [6.07, 6.45) is 6.19. The third-order valence-electron chi connectivity index (χ3n) is 4.68. The number of hydrazine groups is 1. The van der Waals surface area contributed by atoms with Gasteiger partial charge in [0.25, 0.3) is 5.91 Å². The van der Waals surface area contributed by atoms with Gasteiger partial charge in [0.05, 0.1) is 5.69 Å². The number of nitrogens with one attached hydrogen (secondary N) is 2. The summed E-state index contributed by atoms with van der Waals surface area (Å²) in [4.78, 5) is 12.2. The van der Waals surface area contributed by atoms with Crippen LogP contribution in [-0.2, 0) is 0 Å². The van der Waals surface area contributed by atoms with E-state index in [1.165, 1.54) is 25.7 Å². The maximum Gasteiger partial charge on any atom is 0.251 e. The molecule has 1 saturated carbocycles. The van der Waals surface area contributed by atoms with Gasteiger partial charge in [-0.25, -0.2) is 0 Å². The Hall–Kier alpha value is -1.55. The number of aryl methyl sites for hydroxylation is 1. The molecule has 20 heavy (non-hydrogen) atoms. The minimum absolute atomic E-state index is 0.0106. The highest BCUT2D eigenvalue weighted by Crippen LogP contribution is 2.40. The van der Waals surface area contributed by atoms with E-state index in [2.05, 4.69) is 17.7 Å². The minimum atomic E-state index is 0.0106. The zero-order chi connectivity index (χ0) is 14.6. The molecule has 1 amide bonds. The maximum absolute atomic E-state index is 12.2. The van der Waals surface area contributed by atoms with Crippen LogP contribution in [0.3, 0.4) is 0 Å². The molecule has 0 atom stereocenters. The Balaban J connectivity index is 1.99. The Morgan fingerprint density at radius 2 is 2.05 bits per heavy atom. The van der Waals surface area contributed by atoms with Crippen molar-refractivity contribution >= 4 is 11.6 Å². The van der Waals surface area contributed by atoms with Gasteiger partial charge in [0.1, 0.15) is 0 Å². The smallest absolute Gasteiger partial charge is 0.251 e. The second kappa shape index (κ2) is 6.27. The third-order valence-corrected chi connectivity index (χ3v) is 4.68. The average Bonchev–Trinajstić information content (AvgIpc) is 2.94. The van der Waals surface area contributed by atoms with Crippen molar-refractivity contribution < 1.29 is 4.79 Å². The van der Waals surface area contributed by atoms with E-state index in [0.717, 1.165) is 24.2 Å². The molecule has 110 valence electrons. The normalized spacial score (nSPS) is 16.9. The second-order valence-corrected chi connectivity index (χ2v) is 5.92. The molecule has 4 heteroatoms. The largest absolute Gasteiger partial charge is 0.351 e. The van der Waals surface area contributed by atoms with Crippen molar-refractivity contribution in [2.75, 3.05) is 12.0 Å². The lowest BCUT2D eigenvalue weighted by molar-refractivity contribution is 0.0928. The molecular formula is C16H25N3O. The zero-order valence-electron chi connectivity index (χ0n) is 12.5. The van der Waals surface area contributed by atoms with E-state index in [-0.39, 0.29) is 5.91 Å². The summed E-state index contributed by atoms with van der Waals surface area (Å²) in [5.74, 6) is 5.41. The Morgan fingerprint density at radius 1 is 1.35 bits per heavy atom. The number of carbonyl (C=O) groups excluding carboxylic acids is 1. The van der Waals surface area contributed by atoms with Gasteiger partial charge in [0.2, 0.25) is 0 Å². The monoisotopic (exact) mass is 275 g/mol. The van der Waals surface area contributed by atoms with Crippen LogP contribution >= 0.6 is 0 Å². The summed E-state index contributed by atoms with van der Waals surface area (Å²) in [5, 5.41) is 3.11. The van der Waals surface area contributed by atoms with E-state index in [0.29, 0.717) is 11.0 Å². The first-order valence-electron chi connectivity index (χ1n) is 7.46. The molecule has 1 aliphatic carbocycles. The van der Waals surface area contributed by atoms with Crippen molar-refractivity contribution in [3.05, 3.63) is 29.3 Å². The first-order chi connectivity index (χ1) is 9.60. The molecule has 1 aromatic rings. The molecule has 0 aromatic heterocycles. The SMILES string of the molecule is CCC1(CNC(=O)c2ccc(NN)c(C)c2)CCCC1. The first-order valence-corrected chi connectivity index (χ1v) is 7.46. The van der Waals surface area contributed by atoms with Gasteiger partial charge in [-0.1, -0.05) is 19.8 Å². The number of hydrogen-bond donors (Lipinski definition) is 3. The van der Waals surface area contributed by atoms with E-state index in [1.807, 2.05) is 25.1 Å². The minimum Gasteiger partial charge on any atom is -0.351 e. The number of amides is 1. The average molecular weight is 275 g/mol. The van der Waals surface area contributed by atoms with Gasteiger partial charge in [-0.2, -0.15) is 0 Å². The predicted octanol–water partition coefficient (Wildman–Crippen LogP) is 2.98. The Kier molecular flexibility index (Phi) is 4.65. The fraction of sp³-hybridized carbons (Fsp3) is 0.562. The molecule has 1 aromatic carbocycles. The van der Waals surface area contributed by atoms with Gasteiger partial charge >= 0.3 is 0 Å². The summed E-state index contributed by atoms with van der Waals surface area (Å²) >= 11 is 0. The van der Waals surface area contributed by atoms with Crippen LogP contribution in [0, 0.1) is 12.3 Å². The quantitative estimate of drug-likeness (QED) is 0.571. The third kappa shape index (κ3) is 3.12. The lowest BCUT2D eigenvalue weighted by Gasteiger charge is -2.27. The van der Waals surface area contributed by atoms with E-state index < -0.39 is 0 Å². The number of hydrogen-bond acceptors (Lipinski definition) is 3. The predicted molar refractivity (Wildman–Crippen MR) is 82.5 cm³/mol. The summed E-state index contributed by atoms with van der Waals surface area (Å²) in [7, 11) is 0. The molecule has 0 saturated heterocycles. The van der Waals surface area contributed by atoms with Gasteiger partial charge < -0.3 is 10.7 Å². The van der Waals surface area contributed by atoms with E-state index >= 15 is 0 Å². The van der Waals surface area contributed by atoms with Crippen LogP contribution in [0.1, 0.15) is 54.9 Å². The second-order valence-electron chi connectivity index (χ2n) is 5.92. The number of nitrogens with two attached hydrogens (primary N) is 1. The van der Waals surface area contributed by atoms with Crippen molar-refractivity contribution in [3.8, 4) is 0 Å². The fourth-order valence-corrected chi connectivity index (χ4v) is 3.12. The Labute approximate surface area is 121 Å². The standard InChI is InChI=1S/C16H25N3O/c1-3-16(8-4-5-9-16)11-18-15(20)13-6-7-14(19-17)12(2)10-13/h6-7,10,19H,3-5,8-9,11,17H2,1-2H3,(H,18,20). The van der Waals surface area contributed by atoms with Crippen LogP contribution in [0.2, 0.25) is 0 Å². The number of benzene rings is 1. The molecule has 1 fully saturated rings. The van der Waals surface area contributed by atoms with Gasteiger partial charge in [-0.3, -0.25) is 10.6 Å². The zero-order valence-corrected chi connectivity index (χ0v) is 12.5. The first kappa shape index (κ1) is 14.9. The molecule has 4 nitrogen and oxygen atoms in total. The van der Waals surface area contributed by atoms with Crippen molar-refractivity contribution in [1.29, 1.82) is 0 Å². The highest BCUT2D eigenvalue weighted by molar-refractivity contribution is 5.94. The van der Waals surface area contributed by atoms with Crippen LogP contribution in [0.5, 0.6) is 0 Å². The number of anilines is 1. The van der Waals surface area contributed by atoms with Crippen LogP contribution in [0.4, 0.5) is 5.69 Å². The van der Waals surface area contributed by atoms with E-state index in [4.69, 9.17) is 5.84 Å². The van der Waals surface area contributed by atoms with Crippen LogP contribution in [0.25, 0.3) is 0 Å². The number of carbonyl (C=O) groups is 1. The number of nitrogen functional groups attached to an aromatic ring is 1. The number of rotatable bonds is 5. The molecule has 0 heterocycles. The van der Waals surface area contributed by atoms with Gasteiger partial charge in [-0.15, -0.1) is 0 Å². The van der Waals surface area contributed by atoms with E-state index in [9.17, 15) is 4.79 Å². The molecule has 0 radical (unpaired) electrons. The summed E-state index contributed by atoms with van der Waals surface area (Å²) in [5.41, 5.74) is 5.47. The fourth-order valence-electron chi connectivity index (χ4n) is 3.12. The van der Waals surface area contributed by atoms with Gasteiger partial charge in [0, 0.05) is 12.1 Å². The van der Waals surface area contributed by atoms with Crippen molar-refractivity contribution in [3.63, 3.8) is 0 Å². The highest BCUT2D eigenvalue weighted by Gasteiger charge is 2.32. The van der Waals surface area contributed by atoms with Crippen molar-refractivity contribution in [2.45, 2.75) is 46.0 Å². The lowest BCUT2D eigenvalue weighted by Crippen LogP contribution is -2.35. The summed E-state index contributed by atoms with van der Waals surface area (Å²) < 4.78 is 0. The Bertz CT molecular complexity index is 479. The van der Waals surface area contributed by atoms with Gasteiger partial charge in [0.15, 0.2) is 0 Å². The molecule has 2 rings (SSSR count). The van der Waals surface area contributed by atoms with Crippen molar-refractivity contribution in [1.82, 2.24) is 5.32 Å². The molecule has 0 spiro atoms. The Morgan fingerprint density at radius 3 is 2.60 bits per heavy atom. The molecule has 0 aliphatic heterocycles. The maximum atomic E-state index is 12.2. The molecule has 0 bridgehead atoms. The van der Waals surface area contributed by atoms with Crippen LogP contribution in [-0.4, -0.2) is 12.5 Å². The van der Waals surface area contributed by atoms with Crippen LogP contribution < -0.4 is 16.6 Å².